The molecule has 3 aromatic rings. The lowest BCUT2D eigenvalue weighted by molar-refractivity contribution is 0.122. The Hall–Kier alpha value is -3.00. The average Bonchev–Trinajstić information content (AvgIpc) is 2.68. The van der Waals surface area contributed by atoms with Crippen molar-refractivity contribution in [2.75, 3.05) is 49.3 Å². The van der Waals surface area contributed by atoms with Crippen LogP contribution >= 0.6 is 0 Å². The molecule has 0 spiro atoms. The van der Waals surface area contributed by atoms with Crippen molar-refractivity contribution in [2.45, 2.75) is 0 Å². The molecule has 1 saturated heterocycles. The predicted molar refractivity (Wildman–Crippen MR) is 97.6 cm³/mol. The van der Waals surface area contributed by atoms with Crippen LogP contribution < -0.4 is 16.0 Å². The van der Waals surface area contributed by atoms with Gasteiger partial charge in [0.2, 0.25) is 5.95 Å². The fourth-order valence-corrected chi connectivity index (χ4v) is 2.85. The number of aromatic nitrogens is 4. The van der Waals surface area contributed by atoms with Gasteiger partial charge in [0, 0.05) is 31.4 Å². The maximum atomic E-state index is 5.86. The van der Waals surface area contributed by atoms with Crippen molar-refractivity contribution in [1.82, 2.24) is 19.9 Å². The largest absolute Gasteiger partial charge is 0.388 e. The molecule has 1 aliphatic rings. The van der Waals surface area contributed by atoms with Crippen LogP contribution in [0.5, 0.6) is 0 Å². The Bertz CT molecular complexity index is 891. The molecule has 4 rings (SSSR count). The molecule has 0 aliphatic carbocycles. The van der Waals surface area contributed by atoms with Gasteiger partial charge in [-0.2, -0.15) is 9.97 Å². The summed E-state index contributed by atoms with van der Waals surface area (Å²) in [5.41, 5.74) is 9.82. The number of nitrogens with two attached hydrogens (primary N) is 1. The van der Waals surface area contributed by atoms with Gasteiger partial charge < -0.3 is 20.7 Å². The van der Waals surface area contributed by atoms with Crippen LogP contribution in [-0.2, 0) is 4.74 Å². The van der Waals surface area contributed by atoms with E-state index >= 15 is 0 Å². The number of anilines is 3. The maximum Gasteiger partial charge on any atom is 0.224 e. The van der Waals surface area contributed by atoms with E-state index in [1.54, 1.807) is 6.20 Å². The molecule has 25 heavy (non-hydrogen) atoms. The Morgan fingerprint density at radius 1 is 1.08 bits per heavy atom. The fourth-order valence-electron chi connectivity index (χ4n) is 2.85. The number of fused-ring (bicyclic) bond motifs is 1. The predicted octanol–water partition coefficient (Wildman–Crippen LogP) is 1.55. The highest BCUT2D eigenvalue weighted by Crippen LogP contribution is 2.26. The van der Waals surface area contributed by atoms with E-state index in [0.29, 0.717) is 30.2 Å². The number of hydrogen-bond acceptors (Lipinski definition) is 8. The van der Waals surface area contributed by atoms with Crippen molar-refractivity contribution in [3.63, 3.8) is 0 Å². The highest BCUT2D eigenvalue weighted by molar-refractivity contribution is 5.85. The monoisotopic (exact) mass is 337 g/mol. The summed E-state index contributed by atoms with van der Waals surface area (Å²) in [5.74, 6) is 0.918. The standard InChI is InChI=1S/C17H19N7O/c1-19-12-4-2-11(3-5-12)13-10-20-15-14(21-13)16(23-17(18)22-15)24-6-8-25-9-7-24/h2-5,10,19H,6-9H2,1H3,(H2,18,20,22,23). The molecule has 3 heterocycles. The van der Waals surface area contributed by atoms with Crippen molar-refractivity contribution in [3.05, 3.63) is 30.5 Å². The summed E-state index contributed by atoms with van der Waals surface area (Å²) < 4.78 is 5.42. The first kappa shape index (κ1) is 15.5. The topological polar surface area (TPSA) is 102 Å². The van der Waals surface area contributed by atoms with E-state index in [4.69, 9.17) is 15.5 Å². The van der Waals surface area contributed by atoms with Crippen molar-refractivity contribution in [3.8, 4) is 11.3 Å². The van der Waals surface area contributed by atoms with Gasteiger partial charge in [-0.15, -0.1) is 0 Å². The van der Waals surface area contributed by atoms with E-state index in [1.807, 2.05) is 31.3 Å². The molecule has 0 atom stereocenters. The SMILES string of the molecule is CNc1ccc(-c2cnc3nc(N)nc(N4CCOCC4)c3n2)cc1. The Morgan fingerprint density at radius 2 is 1.84 bits per heavy atom. The van der Waals surface area contributed by atoms with Crippen LogP contribution in [0.4, 0.5) is 17.5 Å². The summed E-state index contributed by atoms with van der Waals surface area (Å²) in [6, 6.07) is 8.02. The molecule has 0 saturated carbocycles. The number of nitrogens with one attached hydrogen (secondary N) is 1. The van der Waals surface area contributed by atoms with Gasteiger partial charge >= 0.3 is 0 Å². The number of hydrogen-bond donors (Lipinski definition) is 2. The van der Waals surface area contributed by atoms with Gasteiger partial charge in [-0.3, -0.25) is 0 Å². The summed E-state index contributed by atoms with van der Waals surface area (Å²) in [7, 11) is 1.89. The number of benzene rings is 1. The summed E-state index contributed by atoms with van der Waals surface area (Å²) in [6.07, 6.45) is 1.71. The fraction of sp³-hybridized carbons (Fsp3) is 0.294. The lowest BCUT2D eigenvalue weighted by atomic mass is 10.1. The first-order chi connectivity index (χ1) is 12.2. The minimum Gasteiger partial charge on any atom is -0.388 e. The van der Waals surface area contributed by atoms with Crippen molar-refractivity contribution >= 4 is 28.6 Å². The first-order valence-corrected chi connectivity index (χ1v) is 8.16. The zero-order chi connectivity index (χ0) is 17.2. The Balaban J connectivity index is 1.81. The number of morpholine rings is 1. The van der Waals surface area contributed by atoms with Crippen LogP contribution in [0.25, 0.3) is 22.4 Å². The van der Waals surface area contributed by atoms with Crippen LogP contribution in [0, 0.1) is 0 Å². The van der Waals surface area contributed by atoms with Gasteiger partial charge in [0.1, 0.15) is 0 Å². The van der Waals surface area contributed by atoms with E-state index in [0.717, 1.165) is 30.0 Å². The molecule has 0 radical (unpaired) electrons. The number of nitrogens with zero attached hydrogens (tertiary/aromatic N) is 5. The van der Waals surface area contributed by atoms with Crippen LogP contribution in [-0.4, -0.2) is 53.3 Å². The van der Waals surface area contributed by atoms with Gasteiger partial charge in [0.15, 0.2) is 17.0 Å². The summed E-state index contributed by atoms with van der Waals surface area (Å²) in [6.45, 7) is 2.80. The second-order valence-corrected chi connectivity index (χ2v) is 5.76. The first-order valence-electron chi connectivity index (χ1n) is 8.16. The Kier molecular flexibility index (Phi) is 4.02. The molecule has 1 fully saturated rings. The Labute approximate surface area is 145 Å². The summed E-state index contributed by atoms with van der Waals surface area (Å²) in [5, 5.41) is 3.11. The van der Waals surface area contributed by atoms with Gasteiger partial charge in [-0.1, -0.05) is 12.1 Å². The molecular weight excluding hydrogens is 318 g/mol. The van der Waals surface area contributed by atoms with Crippen molar-refractivity contribution in [2.24, 2.45) is 0 Å². The van der Waals surface area contributed by atoms with Gasteiger partial charge in [0.25, 0.3) is 0 Å². The normalized spacial score (nSPS) is 14.7. The molecule has 0 unspecified atom stereocenters. The average molecular weight is 337 g/mol. The molecule has 3 N–H and O–H groups in total. The van der Waals surface area contributed by atoms with Gasteiger partial charge in [0.05, 0.1) is 25.1 Å². The summed E-state index contributed by atoms with van der Waals surface area (Å²) >= 11 is 0. The van der Waals surface area contributed by atoms with Crippen LogP contribution in [0.1, 0.15) is 0 Å². The summed E-state index contributed by atoms with van der Waals surface area (Å²) in [4.78, 5) is 20.0. The quantitative estimate of drug-likeness (QED) is 0.742. The Morgan fingerprint density at radius 3 is 2.56 bits per heavy atom. The number of rotatable bonds is 3. The van der Waals surface area contributed by atoms with Crippen molar-refractivity contribution in [1.29, 1.82) is 0 Å². The van der Waals surface area contributed by atoms with Gasteiger partial charge in [-0.25, -0.2) is 9.97 Å². The second kappa shape index (κ2) is 6.48. The van der Waals surface area contributed by atoms with E-state index in [2.05, 4.69) is 25.2 Å². The van der Waals surface area contributed by atoms with Crippen LogP contribution in [0.15, 0.2) is 30.5 Å². The number of nitrogen functional groups attached to an aromatic ring is 1. The second-order valence-electron chi connectivity index (χ2n) is 5.76. The third-order valence-corrected chi connectivity index (χ3v) is 4.19. The lowest BCUT2D eigenvalue weighted by Gasteiger charge is -2.28. The van der Waals surface area contributed by atoms with Crippen LogP contribution in [0.2, 0.25) is 0 Å². The van der Waals surface area contributed by atoms with E-state index in [1.165, 1.54) is 0 Å². The molecule has 1 aliphatic heterocycles. The van der Waals surface area contributed by atoms with Crippen LogP contribution in [0.3, 0.4) is 0 Å². The molecule has 8 heteroatoms. The number of ether oxygens (including phenoxy) is 1. The highest BCUT2D eigenvalue weighted by Gasteiger charge is 2.19. The highest BCUT2D eigenvalue weighted by atomic mass is 16.5. The van der Waals surface area contributed by atoms with Gasteiger partial charge in [-0.05, 0) is 12.1 Å². The zero-order valence-electron chi connectivity index (χ0n) is 13.9. The van der Waals surface area contributed by atoms with E-state index in [9.17, 15) is 0 Å². The maximum absolute atomic E-state index is 5.86. The molecule has 128 valence electrons. The zero-order valence-corrected chi connectivity index (χ0v) is 13.9. The lowest BCUT2D eigenvalue weighted by Crippen LogP contribution is -2.37. The van der Waals surface area contributed by atoms with Crippen molar-refractivity contribution < 1.29 is 4.74 Å². The molecular formula is C17H19N7O. The molecule has 1 aromatic carbocycles. The third kappa shape index (κ3) is 3.03. The van der Waals surface area contributed by atoms with E-state index in [-0.39, 0.29) is 5.95 Å². The molecule has 2 aromatic heterocycles. The minimum absolute atomic E-state index is 0.203. The minimum atomic E-state index is 0.203. The smallest absolute Gasteiger partial charge is 0.224 e. The van der Waals surface area contributed by atoms with E-state index < -0.39 is 0 Å². The third-order valence-electron chi connectivity index (χ3n) is 4.19. The molecule has 8 nitrogen and oxygen atoms in total. The molecule has 0 amide bonds. The molecule has 0 bridgehead atoms.